The third-order valence-corrected chi connectivity index (χ3v) is 6.37. The van der Waals surface area contributed by atoms with Gasteiger partial charge in [-0.15, -0.1) is 11.3 Å². The molecule has 3 rings (SSSR count). The molecule has 0 bridgehead atoms. The molecular formula is C21H25N3O3S. The number of hydrogen-bond donors (Lipinski definition) is 2. The molecule has 2 aromatic rings. The standard InChI is InChI=1S/C21H25N3O3S/c1-13-14(2)28-20(18(13)19(22)26)23-17(25)12-24(16-10-6-7-11-16)21(27)15-8-4-3-5-9-15/h3-5,8-9,16H,6-7,10-12H2,1-2H3,(H2,22,26)(H,23,25). The maximum absolute atomic E-state index is 13.0. The number of amides is 3. The van der Waals surface area contributed by atoms with Crippen LogP contribution in [0.4, 0.5) is 5.00 Å². The van der Waals surface area contributed by atoms with Crippen LogP contribution in [0.3, 0.4) is 0 Å². The Morgan fingerprint density at radius 3 is 2.39 bits per heavy atom. The quantitative estimate of drug-likeness (QED) is 0.779. The Morgan fingerprint density at radius 1 is 1.14 bits per heavy atom. The monoisotopic (exact) mass is 399 g/mol. The summed E-state index contributed by atoms with van der Waals surface area (Å²) in [5.74, 6) is -1.03. The topological polar surface area (TPSA) is 92.5 Å². The second-order valence-electron chi connectivity index (χ2n) is 7.14. The van der Waals surface area contributed by atoms with Gasteiger partial charge in [0.15, 0.2) is 0 Å². The van der Waals surface area contributed by atoms with Gasteiger partial charge in [0, 0.05) is 16.5 Å². The second kappa shape index (κ2) is 8.56. The lowest BCUT2D eigenvalue weighted by Crippen LogP contribution is -2.43. The first kappa shape index (κ1) is 20.1. The molecule has 3 N–H and O–H groups in total. The number of aryl methyl sites for hydroxylation is 1. The van der Waals surface area contributed by atoms with Crippen LogP contribution < -0.4 is 11.1 Å². The molecule has 0 aliphatic heterocycles. The molecule has 28 heavy (non-hydrogen) atoms. The van der Waals surface area contributed by atoms with E-state index in [4.69, 9.17) is 5.73 Å². The summed E-state index contributed by atoms with van der Waals surface area (Å²) in [6.45, 7) is 3.64. The fraction of sp³-hybridized carbons (Fsp3) is 0.381. The van der Waals surface area contributed by atoms with Crippen LogP contribution in [0.1, 0.15) is 56.8 Å². The zero-order valence-electron chi connectivity index (χ0n) is 16.2. The molecule has 0 radical (unpaired) electrons. The Morgan fingerprint density at radius 2 is 1.79 bits per heavy atom. The van der Waals surface area contributed by atoms with E-state index in [-0.39, 0.29) is 24.4 Å². The van der Waals surface area contributed by atoms with Gasteiger partial charge in [-0.1, -0.05) is 31.0 Å². The van der Waals surface area contributed by atoms with E-state index in [2.05, 4.69) is 5.32 Å². The first-order valence-electron chi connectivity index (χ1n) is 9.44. The molecule has 1 saturated carbocycles. The number of carbonyl (C=O) groups excluding carboxylic acids is 3. The second-order valence-corrected chi connectivity index (χ2v) is 8.36. The molecule has 148 valence electrons. The van der Waals surface area contributed by atoms with Crippen molar-refractivity contribution in [3.8, 4) is 0 Å². The van der Waals surface area contributed by atoms with Crippen LogP contribution in [0.2, 0.25) is 0 Å². The highest BCUT2D eigenvalue weighted by molar-refractivity contribution is 7.16. The number of nitrogens with one attached hydrogen (secondary N) is 1. The number of primary amides is 1. The molecule has 0 atom stereocenters. The fourth-order valence-corrected chi connectivity index (χ4v) is 4.74. The van der Waals surface area contributed by atoms with Gasteiger partial charge in [0.1, 0.15) is 11.5 Å². The van der Waals surface area contributed by atoms with Gasteiger partial charge in [-0.25, -0.2) is 0 Å². The van der Waals surface area contributed by atoms with Crippen LogP contribution in [0.5, 0.6) is 0 Å². The normalized spacial score (nSPS) is 14.1. The summed E-state index contributed by atoms with van der Waals surface area (Å²) in [6, 6.07) is 9.07. The first-order chi connectivity index (χ1) is 13.4. The minimum Gasteiger partial charge on any atom is -0.365 e. The maximum atomic E-state index is 13.0. The van der Waals surface area contributed by atoms with E-state index in [1.54, 1.807) is 17.0 Å². The molecule has 0 saturated heterocycles. The minimum atomic E-state index is -0.565. The number of thiophene rings is 1. The number of benzene rings is 1. The summed E-state index contributed by atoms with van der Waals surface area (Å²) >= 11 is 1.33. The van der Waals surface area contributed by atoms with Gasteiger partial charge in [0.05, 0.1) is 5.56 Å². The molecule has 3 amide bonds. The lowest BCUT2D eigenvalue weighted by Gasteiger charge is -2.28. The van der Waals surface area contributed by atoms with Gasteiger partial charge in [0.25, 0.3) is 11.8 Å². The van der Waals surface area contributed by atoms with Crippen LogP contribution in [0.25, 0.3) is 0 Å². The van der Waals surface area contributed by atoms with Crippen LogP contribution >= 0.6 is 11.3 Å². The van der Waals surface area contributed by atoms with Crippen molar-refractivity contribution in [3.05, 3.63) is 51.9 Å². The van der Waals surface area contributed by atoms with Crippen molar-refractivity contribution in [3.63, 3.8) is 0 Å². The molecular weight excluding hydrogens is 374 g/mol. The van der Waals surface area contributed by atoms with E-state index in [9.17, 15) is 14.4 Å². The number of hydrogen-bond acceptors (Lipinski definition) is 4. The minimum absolute atomic E-state index is 0.0490. The Balaban J connectivity index is 1.79. The Hall–Kier alpha value is -2.67. The van der Waals surface area contributed by atoms with Gasteiger partial charge >= 0.3 is 0 Å². The van der Waals surface area contributed by atoms with E-state index in [1.807, 2.05) is 32.0 Å². The molecule has 0 spiro atoms. The zero-order valence-corrected chi connectivity index (χ0v) is 17.0. The van der Waals surface area contributed by atoms with E-state index in [0.29, 0.717) is 16.1 Å². The number of nitrogens with two attached hydrogens (primary N) is 1. The van der Waals surface area contributed by atoms with Crippen molar-refractivity contribution in [2.24, 2.45) is 5.73 Å². The van der Waals surface area contributed by atoms with Gasteiger partial charge in [-0.2, -0.15) is 0 Å². The average Bonchev–Trinajstić information content (AvgIpc) is 3.28. The predicted octanol–water partition coefficient (Wildman–Crippen LogP) is 3.49. The molecule has 6 nitrogen and oxygen atoms in total. The van der Waals surface area contributed by atoms with Crippen LogP contribution in [0, 0.1) is 13.8 Å². The lowest BCUT2D eigenvalue weighted by atomic mass is 10.1. The summed E-state index contributed by atoms with van der Waals surface area (Å²) in [7, 11) is 0. The maximum Gasteiger partial charge on any atom is 0.254 e. The number of carbonyl (C=O) groups is 3. The SMILES string of the molecule is Cc1sc(NC(=O)CN(C(=O)c2ccccc2)C2CCCC2)c(C(N)=O)c1C. The largest absolute Gasteiger partial charge is 0.365 e. The van der Waals surface area contributed by atoms with Crippen molar-refractivity contribution >= 4 is 34.1 Å². The van der Waals surface area contributed by atoms with Crippen LogP contribution in [0.15, 0.2) is 30.3 Å². The predicted molar refractivity (Wildman–Crippen MR) is 111 cm³/mol. The van der Waals surface area contributed by atoms with Crippen molar-refractivity contribution in [1.82, 2.24) is 4.90 Å². The summed E-state index contributed by atoms with van der Waals surface area (Å²) in [4.78, 5) is 40.2. The third-order valence-electron chi connectivity index (χ3n) is 5.25. The lowest BCUT2D eigenvalue weighted by molar-refractivity contribution is -0.117. The number of rotatable bonds is 6. The Labute approximate surface area is 168 Å². The number of anilines is 1. The summed E-state index contributed by atoms with van der Waals surface area (Å²) in [5.41, 5.74) is 7.18. The molecule has 7 heteroatoms. The third kappa shape index (κ3) is 4.25. The fourth-order valence-electron chi connectivity index (χ4n) is 3.66. The Kier molecular flexibility index (Phi) is 6.14. The molecule has 1 heterocycles. The highest BCUT2D eigenvalue weighted by Crippen LogP contribution is 2.32. The average molecular weight is 400 g/mol. The first-order valence-corrected chi connectivity index (χ1v) is 10.3. The van der Waals surface area contributed by atoms with Crippen molar-refractivity contribution in [2.45, 2.75) is 45.6 Å². The van der Waals surface area contributed by atoms with E-state index >= 15 is 0 Å². The Bertz CT molecular complexity index is 886. The zero-order chi connectivity index (χ0) is 20.3. The van der Waals surface area contributed by atoms with Crippen LogP contribution in [-0.2, 0) is 4.79 Å². The number of nitrogens with zero attached hydrogens (tertiary/aromatic N) is 1. The van der Waals surface area contributed by atoms with Crippen molar-refractivity contribution in [1.29, 1.82) is 0 Å². The van der Waals surface area contributed by atoms with Gasteiger partial charge < -0.3 is 16.0 Å². The highest BCUT2D eigenvalue weighted by atomic mass is 32.1. The molecule has 1 aliphatic rings. The highest BCUT2D eigenvalue weighted by Gasteiger charge is 2.29. The van der Waals surface area contributed by atoms with Crippen molar-refractivity contribution in [2.75, 3.05) is 11.9 Å². The molecule has 1 fully saturated rings. The van der Waals surface area contributed by atoms with E-state index in [1.165, 1.54) is 11.3 Å². The van der Waals surface area contributed by atoms with E-state index < -0.39 is 5.91 Å². The van der Waals surface area contributed by atoms with Gasteiger partial charge in [-0.3, -0.25) is 14.4 Å². The summed E-state index contributed by atoms with van der Waals surface area (Å²) < 4.78 is 0. The van der Waals surface area contributed by atoms with Gasteiger partial charge in [0.2, 0.25) is 5.91 Å². The van der Waals surface area contributed by atoms with Crippen LogP contribution in [-0.4, -0.2) is 35.2 Å². The molecule has 0 unspecified atom stereocenters. The van der Waals surface area contributed by atoms with Crippen molar-refractivity contribution < 1.29 is 14.4 Å². The summed E-state index contributed by atoms with van der Waals surface area (Å²) in [5, 5.41) is 3.25. The van der Waals surface area contributed by atoms with Gasteiger partial charge in [-0.05, 0) is 44.4 Å². The molecule has 1 aliphatic carbocycles. The summed E-state index contributed by atoms with van der Waals surface area (Å²) in [6.07, 6.45) is 3.91. The smallest absolute Gasteiger partial charge is 0.254 e. The van der Waals surface area contributed by atoms with E-state index in [0.717, 1.165) is 36.1 Å². The molecule has 1 aromatic heterocycles. The molecule has 1 aromatic carbocycles.